The van der Waals surface area contributed by atoms with E-state index < -0.39 is 0 Å². The van der Waals surface area contributed by atoms with Crippen molar-refractivity contribution in [3.63, 3.8) is 0 Å². The number of aliphatic imine (C=N–C) groups is 1. The first-order valence-electron chi connectivity index (χ1n) is 9.12. The molecule has 1 N–H and O–H groups in total. The van der Waals surface area contributed by atoms with E-state index in [-0.39, 0.29) is 5.56 Å². The van der Waals surface area contributed by atoms with E-state index in [0.29, 0.717) is 5.69 Å². The molecule has 2 heterocycles. The van der Waals surface area contributed by atoms with Crippen LogP contribution >= 0.6 is 0 Å². The van der Waals surface area contributed by atoms with Crippen molar-refractivity contribution in [3.05, 3.63) is 107 Å². The van der Waals surface area contributed by atoms with Crippen LogP contribution in [0.3, 0.4) is 0 Å². The molecule has 0 amide bonds. The SMILES string of the molecule is O=c1c(N=Cc2ccccc2)cc2[nH]c3ccccc3c2n1-c1ccccc1. The topological polar surface area (TPSA) is 50.1 Å². The van der Waals surface area contributed by atoms with Crippen molar-refractivity contribution in [3.8, 4) is 5.69 Å². The molecule has 0 aliphatic rings. The molecule has 3 aromatic carbocycles. The van der Waals surface area contributed by atoms with Gasteiger partial charge in [0.15, 0.2) is 0 Å². The lowest BCUT2D eigenvalue weighted by atomic mass is 10.2. The van der Waals surface area contributed by atoms with E-state index in [9.17, 15) is 4.79 Å². The summed E-state index contributed by atoms with van der Waals surface area (Å²) in [6, 6.07) is 29.3. The number of hydrogen-bond donors (Lipinski definition) is 1. The van der Waals surface area contributed by atoms with E-state index >= 15 is 0 Å². The Morgan fingerprint density at radius 2 is 1.46 bits per heavy atom. The van der Waals surface area contributed by atoms with Gasteiger partial charge in [-0.3, -0.25) is 14.4 Å². The third kappa shape index (κ3) is 2.72. The molecule has 4 heteroatoms. The lowest BCUT2D eigenvalue weighted by molar-refractivity contribution is 1.04. The maximum absolute atomic E-state index is 13.4. The zero-order valence-corrected chi connectivity index (χ0v) is 15.0. The fourth-order valence-electron chi connectivity index (χ4n) is 3.51. The summed E-state index contributed by atoms with van der Waals surface area (Å²) in [5.41, 5.74) is 4.76. The highest BCUT2D eigenvalue weighted by molar-refractivity contribution is 6.06. The lowest BCUT2D eigenvalue weighted by Gasteiger charge is -2.09. The number of hydrogen-bond acceptors (Lipinski definition) is 2. The first-order chi connectivity index (χ1) is 13.8. The predicted octanol–water partition coefficient (Wildman–Crippen LogP) is 5.22. The summed E-state index contributed by atoms with van der Waals surface area (Å²) in [4.78, 5) is 21.3. The van der Waals surface area contributed by atoms with Crippen molar-refractivity contribution < 1.29 is 0 Å². The quantitative estimate of drug-likeness (QED) is 0.439. The number of para-hydroxylation sites is 2. The molecule has 0 fully saturated rings. The van der Waals surface area contributed by atoms with Crippen LogP contribution in [0.5, 0.6) is 0 Å². The van der Waals surface area contributed by atoms with Crippen LogP contribution in [-0.2, 0) is 0 Å². The Bertz CT molecular complexity index is 1360. The first kappa shape index (κ1) is 16.3. The fourth-order valence-corrected chi connectivity index (χ4v) is 3.51. The molecule has 0 saturated heterocycles. The Morgan fingerprint density at radius 3 is 2.25 bits per heavy atom. The minimum atomic E-state index is -0.143. The van der Waals surface area contributed by atoms with Crippen molar-refractivity contribution in [2.75, 3.05) is 0 Å². The zero-order valence-electron chi connectivity index (χ0n) is 15.0. The molecule has 5 aromatic rings. The maximum atomic E-state index is 13.4. The number of aromatic amines is 1. The molecule has 0 aliphatic heterocycles. The number of pyridine rings is 1. The number of nitrogens with zero attached hydrogens (tertiary/aromatic N) is 2. The van der Waals surface area contributed by atoms with Gasteiger partial charge < -0.3 is 4.98 Å². The van der Waals surface area contributed by atoms with Crippen LogP contribution in [0.25, 0.3) is 27.6 Å². The summed E-state index contributed by atoms with van der Waals surface area (Å²) < 4.78 is 1.74. The Balaban J connectivity index is 1.82. The van der Waals surface area contributed by atoms with E-state index in [4.69, 9.17) is 0 Å². The minimum Gasteiger partial charge on any atom is -0.353 e. The van der Waals surface area contributed by atoms with E-state index in [2.05, 4.69) is 9.98 Å². The smallest absolute Gasteiger partial charge is 0.281 e. The van der Waals surface area contributed by atoms with Gasteiger partial charge in [-0.1, -0.05) is 66.7 Å². The largest absolute Gasteiger partial charge is 0.353 e. The second-order valence-electron chi connectivity index (χ2n) is 6.61. The number of rotatable bonds is 3. The lowest BCUT2D eigenvalue weighted by Crippen LogP contribution is -2.18. The molecule has 4 nitrogen and oxygen atoms in total. The van der Waals surface area contributed by atoms with Gasteiger partial charge in [0.05, 0.1) is 11.0 Å². The van der Waals surface area contributed by atoms with E-state index in [1.165, 1.54) is 0 Å². The minimum absolute atomic E-state index is 0.143. The molecule has 0 radical (unpaired) electrons. The van der Waals surface area contributed by atoms with Gasteiger partial charge in [-0.2, -0.15) is 0 Å². The molecule has 0 saturated carbocycles. The second-order valence-corrected chi connectivity index (χ2v) is 6.61. The monoisotopic (exact) mass is 363 g/mol. The van der Waals surface area contributed by atoms with Crippen LogP contribution in [0.1, 0.15) is 5.56 Å². The van der Waals surface area contributed by atoms with Crippen molar-refractivity contribution >= 4 is 33.8 Å². The number of H-pyrrole nitrogens is 1. The molecular weight excluding hydrogens is 346 g/mol. The van der Waals surface area contributed by atoms with E-state index in [1.807, 2.05) is 91.0 Å². The summed E-state index contributed by atoms with van der Waals surface area (Å²) in [6.07, 6.45) is 1.72. The number of aromatic nitrogens is 2. The van der Waals surface area contributed by atoms with Gasteiger partial charge in [-0.15, -0.1) is 0 Å². The number of benzene rings is 3. The summed E-state index contributed by atoms with van der Waals surface area (Å²) in [5, 5.41) is 1.01. The zero-order chi connectivity index (χ0) is 18.9. The van der Waals surface area contributed by atoms with Gasteiger partial charge in [0, 0.05) is 22.8 Å². The van der Waals surface area contributed by atoms with Gasteiger partial charge in [0.2, 0.25) is 0 Å². The molecule has 5 rings (SSSR count). The third-order valence-electron chi connectivity index (χ3n) is 4.80. The molecule has 0 spiro atoms. The first-order valence-corrected chi connectivity index (χ1v) is 9.12. The maximum Gasteiger partial charge on any atom is 0.281 e. The van der Waals surface area contributed by atoms with Crippen molar-refractivity contribution in [1.29, 1.82) is 0 Å². The van der Waals surface area contributed by atoms with E-state index in [1.54, 1.807) is 10.8 Å². The van der Waals surface area contributed by atoms with Gasteiger partial charge >= 0.3 is 0 Å². The van der Waals surface area contributed by atoms with Gasteiger partial charge in [0.25, 0.3) is 5.56 Å². The highest BCUT2D eigenvalue weighted by Crippen LogP contribution is 2.28. The Hall–Kier alpha value is -3.92. The molecule has 0 atom stereocenters. The number of fused-ring (bicyclic) bond motifs is 3. The molecule has 0 aliphatic carbocycles. The van der Waals surface area contributed by atoms with Gasteiger partial charge in [-0.05, 0) is 29.8 Å². The highest BCUT2D eigenvalue weighted by Gasteiger charge is 2.15. The van der Waals surface area contributed by atoms with Crippen molar-refractivity contribution in [2.45, 2.75) is 0 Å². The summed E-state index contributed by atoms with van der Waals surface area (Å²) in [5.74, 6) is 0. The standard InChI is InChI=1S/C24H17N3O/c28-24-22(25-16-17-9-3-1-4-10-17)15-21-23(19-13-7-8-14-20(19)26-21)27(24)18-11-5-2-6-12-18/h1-16,26H. The normalized spacial score (nSPS) is 11.6. The Labute approximate surface area is 161 Å². The average Bonchev–Trinajstić information content (AvgIpc) is 3.12. The van der Waals surface area contributed by atoms with Crippen LogP contribution in [-0.4, -0.2) is 15.8 Å². The molecule has 0 unspecified atom stereocenters. The summed E-state index contributed by atoms with van der Waals surface area (Å²) >= 11 is 0. The van der Waals surface area contributed by atoms with Crippen molar-refractivity contribution in [2.24, 2.45) is 4.99 Å². The van der Waals surface area contributed by atoms with Gasteiger partial charge in [-0.25, -0.2) is 0 Å². The number of nitrogens with one attached hydrogen (secondary N) is 1. The van der Waals surface area contributed by atoms with Crippen LogP contribution < -0.4 is 5.56 Å². The third-order valence-corrected chi connectivity index (χ3v) is 4.80. The molecule has 2 aromatic heterocycles. The summed E-state index contributed by atoms with van der Waals surface area (Å²) in [6.45, 7) is 0. The van der Waals surface area contributed by atoms with Crippen molar-refractivity contribution in [1.82, 2.24) is 9.55 Å². The molecule has 0 bridgehead atoms. The molecule has 134 valence electrons. The summed E-state index contributed by atoms with van der Waals surface area (Å²) in [7, 11) is 0. The van der Waals surface area contributed by atoms with Crippen LogP contribution in [0.4, 0.5) is 5.69 Å². The van der Waals surface area contributed by atoms with Gasteiger partial charge in [0.1, 0.15) is 5.69 Å². The van der Waals surface area contributed by atoms with Crippen LogP contribution in [0.2, 0.25) is 0 Å². The Kier molecular flexibility index (Phi) is 3.87. The molecular formula is C24H17N3O. The highest BCUT2D eigenvalue weighted by atomic mass is 16.1. The average molecular weight is 363 g/mol. The Morgan fingerprint density at radius 1 is 0.786 bits per heavy atom. The van der Waals surface area contributed by atoms with Crippen LogP contribution in [0.15, 0.2) is 101 Å². The fraction of sp³-hybridized carbons (Fsp3) is 0. The van der Waals surface area contributed by atoms with E-state index in [0.717, 1.165) is 33.2 Å². The predicted molar refractivity (Wildman–Crippen MR) is 115 cm³/mol. The van der Waals surface area contributed by atoms with Crippen LogP contribution in [0, 0.1) is 0 Å². The molecule has 28 heavy (non-hydrogen) atoms. The second kappa shape index (κ2) is 6.67.